The summed E-state index contributed by atoms with van der Waals surface area (Å²) in [5.74, 6) is -2.02. The number of imide groups is 1. The fraction of sp³-hybridized carbons (Fsp3) is 0.500. The molecule has 0 radical (unpaired) electrons. The average Bonchev–Trinajstić information content (AvgIpc) is 2.74. The van der Waals surface area contributed by atoms with E-state index in [2.05, 4.69) is 4.28 Å². The fourth-order valence-corrected chi connectivity index (χ4v) is 5.14. The van der Waals surface area contributed by atoms with Crippen molar-refractivity contribution >= 4 is 32.7 Å². The lowest BCUT2D eigenvalue weighted by Crippen LogP contribution is -2.44. The summed E-state index contributed by atoms with van der Waals surface area (Å²) < 4.78 is 65.9. The largest absolute Gasteiger partial charge is 0.525 e. The molecule has 0 unspecified atom stereocenters. The van der Waals surface area contributed by atoms with Crippen LogP contribution in [0.1, 0.15) is 84.7 Å². The first kappa shape index (κ1) is 24.7. The van der Waals surface area contributed by atoms with Gasteiger partial charge in [-0.15, -0.1) is 9.35 Å². The van der Waals surface area contributed by atoms with Gasteiger partial charge in [0.05, 0.1) is 11.1 Å². The zero-order chi connectivity index (χ0) is 25.1. The molecule has 2 aromatic rings. The van der Waals surface area contributed by atoms with Crippen LogP contribution in [-0.2, 0) is 26.2 Å². The third kappa shape index (κ3) is 4.33. The molecule has 2 aliphatic rings. The average molecular weight is 498 g/mol. The first-order valence-corrected chi connectivity index (χ1v) is 12.6. The highest BCUT2D eigenvalue weighted by atomic mass is 32.2. The molecule has 4 rings (SSSR count). The Labute approximate surface area is 196 Å². The summed E-state index contributed by atoms with van der Waals surface area (Å²) in [7, 11) is -6.22. The number of alkyl halides is 3. The summed E-state index contributed by atoms with van der Waals surface area (Å²) in [5.41, 5.74) is -4.65. The van der Waals surface area contributed by atoms with Gasteiger partial charge in [0.15, 0.2) is 0 Å². The van der Waals surface area contributed by atoms with Crippen LogP contribution in [0.15, 0.2) is 24.3 Å². The van der Waals surface area contributed by atoms with E-state index in [-0.39, 0.29) is 16.2 Å². The smallest absolute Gasteiger partial charge is 0.266 e. The number of halogens is 3. The zero-order valence-electron chi connectivity index (χ0n) is 19.2. The maximum absolute atomic E-state index is 13.1. The summed E-state index contributed by atoms with van der Waals surface area (Å²) in [5, 5.41) is 0.707. The number of hydrogen-bond donors (Lipinski definition) is 0. The molecule has 34 heavy (non-hydrogen) atoms. The van der Waals surface area contributed by atoms with Crippen molar-refractivity contribution in [1.29, 1.82) is 0 Å². The van der Waals surface area contributed by atoms with Crippen LogP contribution in [0, 0.1) is 5.92 Å². The second-order valence-corrected chi connectivity index (χ2v) is 11.6. The Bertz CT molecular complexity index is 1270. The first-order chi connectivity index (χ1) is 15.7. The molecule has 0 atom stereocenters. The number of nitrogens with zero attached hydrogens (tertiary/aromatic N) is 1. The van der Waals surface area contributed by atoms with Gasteiger partial charge in [0.25, 0.3) is 11.8 Å². The van der Waals surface area contributed by atoms with Gasteiger partial charge in [-0.25, -0.2) is 0 Å². The van der Waals surface area contributed by atoms with Crippen LogP contribution in [0.4, 0.5) is 13.2 Å². The highest BCUT2D eigenvalue weighted by molar-refractivity contribution is 7.87. The molecule has 0 bridgehead atoms. The molecule has 0 aromatic heterocycles. The van der Waals surface area contributed by atoms with Gasteiger partial charge < -0.3 is 0 Å². The van der Waals surface area contributed by atoms with E-state index in [4.69, 9.17) is 0 Å². The topological polar surface area (TPSA) is 80.8 Å². The minimum absolute atomic E-state index is 0.0557. The van der Waals surface area contributed by atoms with Crippen LogP contribution in [0.3, 0.4) is 0 Å². The third-order valence-electron chi connectivity index (χ3n) is 6.59. The maximum atomic E-state index is 13.1. The van der Waals surface area contributed by atoms with E-state index in [0.717, 1.165) is 43.2 Å². The van der Waals surface area contributed by atoms with E-state index in [0.29, 0.717) is 16.7 Å². The molecule has 2 amide bonds. The molecule has 1 aliphatic heterocycles. The molecule has 1 heterocycles. The highest BCUT2D eigenvalue weighted by Gasteiger charge is 2.51. The van der Waals surface area contributed by atoms with Gasteiger partial charge in [0.1, 0.15) is 0 Å². The van der Waals surface area contributed by atoms with Crippen LogP contribution >= 0.6 is 0 Å². The van der Waals surface area contributed by atoms with Crippen molar-refractivity contribution in [2.75, 3.05) is 0 Å². The van der Waals surface area contributed by atoms with E-state index in [1.165, 1.54) is 18.6 Å². The first-order valence-electron chi connectivity index (χ1n) is 11.2. The van der Waals surface area contributed by atoms with E-state index in [9.17, 15) is 31.2 Å². The number of hydrogen-bond acceptors (Lipinski definition) is 5. The van der Waals surface area contributed by atoms with E-state index < -0.39 is 32.9 Å². The van der Waals surface area contributed by atoms with E-state index in [1.807, 2.05) is 26.8 Å². The number of carbonyl (C=O) groups is 2. The second-order valence-electron chi connectivity index (χ2n) is 10.1. The van der Waals surface area contributed by atoms with Crippen LogP contribution in [0.25, 0.3) is 10.8 Å². The van der Waals surface area contributed by atoms with Gasteiger partial charge in [-0.05, 0) is 46.4 Å². The predicted molar refractivity (Wildman–Crippen MR) is 119 cm³/mol. The summed E-state index contributed by atoms with van der Waals surface area (Å²) in [6.45, 7) is 5.77. The summed E-state index contributed by atoms with van der Waals surface area (Å²) in [4.78, 5) is 26.1. The van der Waals surface area contributed by atoms with Gasteiger partial charge in [-0.1, -0.05) is 65.0 Å². The van der Waals surface area contributed by atoms with Crippen molar-refractivity contribution in [2.45, 2.75) is 70.2 Å². The number of rotatable bonds is 4. The molecule has 6 nitrogen and oxygen atoms in total. The number of hydroxylamine groups is 2. The molecule has 0 N–H and O–H groups in total. The summed E-state index contributed by atoms with van der Waals surface area (Å²) in [6.07, 6.45) is 6.43. The number of benzene rings is 2. The van der Waals surface area contributed by atoms with Crippen LogP contribution < -0.4 is 0 Å². The van der Waals surface area contributed by atoms with Crippen molar-refractivity contribution in [3.63, 3.8) is 0 Å². The minimum Gasteiger partial charge on any atom is -0.266 e. The van der Waals surface area contributed by atoms with E-state index in [1.54, 1.807) is 6.07 Å². The van der Waals surface area contributed by atoms with Gasteiger partial charge in [0.2, 0.25) is 0 Å². The van der Waals surface area contributed by atoms with Crippen LogP contribution in [0.2, 0.25) is 0 Å². The minimum atomic E-state index is -6.22. The molecular weight excluding hydrogens is 471 g/mol. The molecule has 1 fully saturated rings. The second kappa shape index (κ2) is 8.34. The standard InChI is InChI=1S/C24H26F3NO5S/c1-23(2,3)16-12-18-15(11-14-7-5-4-6-8-14)9-10-17-20(18)19(13-16)22(30)28(21(17)29)33-34(31,32)24(25,26)27/h9-10,12-14H,4-8,11H2,1-3H3. The Hall–Kier alpha value is -2.46. The molecule has 184 valence electrons. The van der Waals surface area contributed by atoms with Crippen molar-refractivity contribution in [3.05, 3.63) is 46.5 Å². The monoisotopic (exact) mass is 497 g/mol. The Morgan fingerprint density at radius 3 is 2.18 bits per heavy atom. The number of carbonyl (C=O) groups excluding carboxylic acids is 2. The molecule has 1 saturated carbocycles. The van der Waals surface area contributed by atoms with Gasteiger partial charge in [0, 0.05) is 5.39 Å². The number of amides is 2. The lowest BCUT2D eigenvalue weighted by molar-refractivity contribution is -0.0761. The Balaban J connectivity index is 1.88. The normalized spacial score (nSPS) is 18.1. The van der Waals surface area contributed by atoms with Crippen molar-refractivity contribution in [1.82, 2.24) is 5.06 Å². The SMILES string of the molecule is CC(C)(C)c1cc2c3c(ccc(CC4CCCCC4)c3c1)C(=O)N(OS(=O)(=O)C(F)(F)F)C2=O. The van der Waals surface area contributed by atoms with Crippen LogP contribution in [0.5, 0.6) is 0 Å². The lowest BCUT2D eigenvalue weighted by Gasteiger charge is -2.29. The molecule has 2 aromatic carbocycles. The van der Waals surface area contributed by atoms with Crippen molar-refractivity contribution in [2.24, 2.45) is 5.92 Å². The van der Waals surface area contributed by atoms with Crippen LogP contribution in [-0.4, -0.2) is 30.8 Å². The Morgan fingerprint density at radius 2 is 1.59 bits per heavy atom. The zero-order valence-corrected chi connectivity index (χ0v) is 20.0. The molecule has 0 spiro atoms. The Kier molecular flexibility index (Phi) is 6.05. The third-order valence-corrected chi connectivity index (χ3v) is 7.50. The maximum Gasteiger partial charge on any atom is 0.525 e. The highest BCUT2D eigenvalue weighted by Crippen LogP contribution is 2.39. The van der Waals surface area contributed by atoms with Crippen molar-refractivity contribution in [3.8, 4) is 0 Å². The van der Waals surface area contributed by atoms with Crippen molar-refractivity contribution < 1.29 is 35.5 Å². The van der Waals surface area contributed by atoms with Gasteiger partial charge >= 0.3 is 15.6 Å². The molecule has 1 aliphatic carbocycles. The molecular formula is C24H26F3NO5S. The summed E-state index contributed by atoms with van der Waals surface area (Å²) in [6, 6.07) is 6.60. The predicted octanol–water partition coefficient (Wildman–Crippen LogP) is 5.64. The van der Waals surface area contributed by atoms with Gasteiger partial charge in [-0.3, -0.25) is 9.59 Å². The summed E-state index contributed by atoms with van der Waals surface area (Å²) >= 11 is 0. The van der Waals surface area contributed by atoms with E-state index >= 15 is 0 Å². The molecule has 10 heteroatoms. The fourth-order valence-electron chi connectivity index (χ4n) is 4.72. The Morgan fingerprint density at radius 1 is 0.971 bits per heavy atom. The quantitative estimate of drug-likeness (QED) is 0.404. The van der Waals surface area contributed by atoms with Gasteiger partial charge in [-0.2, -0.15) is 21.6 Å². The lowest BCUT2D eigenvalue weighted by atomic mass is 9.79. The molecule has 0 saturated heterocycles.